The van der Waals surface area contributed by atoms with Gasteiger partial charge in [-0.25, -0.2) is 13.1 Å². The lowest BCUT2D eigenvalue weighted by Gasteiger charge is -2.26. The van der Waals surface area contributed by atoms with Crippen LogP contribution in [0.2, 0.25) is 0 Å². The van der Waals surface area contributed by atoms with E-state index >= 15 is 0 Å². The molecule has 38 heavy (non-hydrogen) atoms. The van der Waals surface area contributed by atoms with Gasteiger partial charge in [-0.1, -0.05) is 24.3 Å². The molecule has 0 saturated carbocycles. The Balaban J connectivity index is 1.48. The zero-order valence-corrected chi connectivity index (χ0v) is 21.0. The minimum atomic E-state index is -3.69. The number of carbonyl (C=O) groups excluding carboxylic acids is 2. The maximum atomic E-state index is 13.5. The average molecular weight is 530 g/mol. The Bertz CT molecular complexity index is 1660. The van der Waals surface area contributed by atoms with E-state index in [2.05, 4.69) is 15.4 Å². The summed E-state index contributed by atoms with van der Waals surface area (Å²) in [6.07, 6.45) is 3.16. The summed E-state index contributed by atoms with van der Waals surface area (Å²) in [5, 5.41) is 7.47. The first-order valence-corrected chi connectivity index (χ1v) is 13.7. The Morgan fingerprint density at radius 2 is 1.79 bits per heavy atom. The van der Waals surface area contributed by atoms with E-state index in [1.807, 2.05) is 0 Å². The first-order chi connectivity index (χ1) is 18.4. The van der Waals surface area contributed by atoms with Crippen LogP contribution in [0.3, 0.4) is 0 Å². The van der Waals surface area contributed by atoms with Gasteiger partial charge < -0.3 is 15.0 Å². The van der Waals surface area contributed by atoms with Gasteiger partial charge in [0.2, 0.25) is 0 Å². The normalized spacial score (nSPS) is 15.8. The highest BCUT2D eigenvalue weighted by atomic mass is 32.2. The number of hydrogen-bond donors (Lipinski definition) is 1. The number of pyridine rings is 1. The molecule has 2 amide bonds. The van der Waals surface area contributed by atoms with Crippen LogP contribution in [0.25, 0.3) is 16.9 Å². The van der Waals surface area contributed by atoms with Gasteiger partial charge in [-0.15, -0.1) is 0 Å². The van der Waals surface area contributed by atoms with Crippen LogP contribution in [0.4, 0.5) is 5.69 Å². The number of sulfone groups is 1. The van der Waals surface area contributed by atoms with Gasteiger partial charge in [0.05, 0.1) is 47.1 Å². The van der Waals surface area contributed by atoms with Gasteiger partial charge in [-0.3, -0.25) is 14.6 Å². The second-order valence-electron chi connectivity index (χ2n) is 8.99. The third-order valence-electron chi connectivity index (χ3n) is 6.57. The van der Waals surface area contributed by atoms with Crippen LogP contribution < -0.4 is 5.32 Å². The molecule has 0 spiro atoms. The smallest absolute Gasteiger partial charge is 0.274 e. The fourth-order valence-corrected chi connectivity index (χ4v) is 6.35. The maximum Gasteiger partial charge on any atom is 0.274 e. The molecule has 2 aromatic heterocycles. The quantitative estimate of drug-likeness (QED) is 0.431. The van der Waals surface area contributed by atoms with Crippen molar-refractivity contribution in [3.05, 3.63) is 89.9 Å². The zero-order valence-electron chi connectivity index (χ0n) is 20.2. The number of rotatable bonds is 4. The number of nitrogens with one attached hydrogen (secondary N) is 1. The average Bonchev–Trinajstić information content (AvgIpc) is 3.32. The van der Waals surface area contributed by atoms with Crippen molar-refractivity contribution >= 4 is 27.3 Å². The molecule has 1 saturated heterocycles. The topological polar surface area (TPSA) is 123 Å². The van der Waals surface area contributed by atoms with E-state index in [0.717, 1.165) is 0 Å². The molecule has 192 valence electrons. The van der Waals surface area contributed by atoms with Crippen molar-refractivity contribution in [2.24, 2.45) is 0 Å². The summed E-state index contributed by atoms with van der Waals surface area (Å²) in [6, 6.07) is 17.0. The highest BCUT2D eigenvalue weighted by molar-refractivity contribution is 7.90. The van der Waals surface area contributed by atoms with E-state index < -0.39 is 9.84 Å². The lowest BCUT2D eigenvalue weighted by atomic mass is 10.0. The Morgan fingerprint density at radius 1 is 0.974 bits per heavy atom. The summed E-state index contributed by atoms with van der Waals surface area (Å²) in [5.74, 6) is -1.02. The van der Waals surface area contributed by atoms with E-state index in [1.165, 1.54) is 0 Å². The Labute approximate surface area is 218 Å². The number of aromatic nitrogens is 3. The number of amides is 2. The van der Waals surface area contributed by atoms with Crippen LogP contribution >= 0.6 is 0 Å². The molecule has 2 aliphatic rings. The summed E-state index contributed by atoms with van der Waals surface area (Å²) in [5.41, 5.74) is 2.88. The predicted octanol–water partition coefficient (Wildman–Crippen LogP) is 2.95. The lowest BCUT2D eigenvalue weighted by molar-refractivity contribution is 0.0298. The standard InChI is InChI=1S/C27H23N5O5S/c33-26(29-19-6-4-10-28-16-19)18-5-3-7-20(15-18)32-25-21-8-1-2-9-23(21)38(35,36)17-22(25)24(30-32)27(34)31-11-13-37-14-12-31/h1-10,15-16H,11-14,17H2,(H,29,33). The number of anilines is 1. The summed E-state index contributed by atoms with van der Waals surface area (Å²) >= 11 is 0. The van der Waals surface area contributed by atoms with Gasteiger partial charge in [-0.05, 0) is 36.4 Å². The summed E-state index contributed by atoms with van der Waals surface area (Å²) in [6.45, 7) is 1.61. The third-order valence-corrected chi connectivity index (χ3v) is 8.26. The monoisotopic (exact) mass is 529 g/mol. The van der Waals surface area contributed by atoms with E-state index in [9.17, 15) is 18.0 Å². The van der Waals surface area contributed by atoms with E-state index in [-0.39, 0.29) is 28.2 Å². The van der Waals surface area contributed by atoms with Gasteiger partial charge in [0.1, 0.15) is 0 Å². The molecule has 1 fully saturated rings. The molecule has 0 bridgehead atoms. The van der Waals surface area contributed by atoms with Crippen LogP contribution in [0.15, 0.2) is 78.0 Å². The number of carbonyl (C=O) groups is 2. The van der Waals surface area contributed by atoms with E-state index in [4.69, 9.17) is 4.74 Å². The first kappa shape index (κ1) is 24.0. The number of fused-ring (bicyclic) bond motifs is 3. The van der Waals surface area contributed by atoms with Crippen molar-refractivity contribution in [3.8, 4) is 16.9 Å². The zero-order chi connectivity index (χ0) is 26.3. The molecule has 6 rings (SSSR count). The highest BCUT2D eigenvalue weighted by Gasteiger charge is 2.37. The van der Waals surface area contributed by atoms with Crippen LogP contribution in [0, 0.1) is 0 Å². The fourth-order valence-electron chi connectivity index (χ4n) is 4.76. The Kier molecular flexibility index (Phi) is 6.01. The van der Waals surface area contributed by atoms with Crippen molar-refractivity contribution < 1.29 is 22.7 Å². The number of morpholine rings is 1. The number of ether oxygens (including phenoxy) is 1. The molecule has 0 unspecified atom stereocenters. The lowest BCUT2D eigenvalue weighted by Crippen LogP contribution is -2.41. The second kappa shape index (κ2) is 9.51. The minimum absolute atomic E-state index is 0.0881. The van der Waals surface area contributed by atoms with Gasteiger partial charge in [-0.2, -0.15) is 5.10 Å². The number of nitrogens with zero attached hydrogens (tertiary/aromatic N) is 4. The summed E-state index contributed by atoms with van der Waals surface area (Å²) in [7, 11) is -3.69. The minimum Gasteiger partial charge on any atom is -0.378 e. The van der Waals surface area contributed by atoms with Crippen molar-refractivity contribution in [1.82, 2.24) is 19.7 Å². The molecule has 1 N–H and O–H groups in total. The Morgan fingerprint density at radius 3 is 2.58 bits per heavy atom. The number of benzene rings is 2. The predicted molar refractivity (Wildman–Crippen MR) is 139 cm³/mol. The van der Waals surface area contributed by atoms with Crippen LogP contribution in [0.1, 0.15) is 26.4 Å². The second-order valence-corrected chi connectivity index (χ2v) is 11.0. The van der Waals surface area contributed by atoms with Crippen LogP contribution in [-0.4, -0.2) is 66.2 Å². The Hall–Kier alpha value is -4.35. The third kappa shape index (κ3) is 4.25. The molecule has 0 aliphatic carbocycles. The molecule has 0 radical (unpaired) electrons. The molecule has 4 aromatic rings. The molecule has 2 aliphatic heterocycles. The molecular formula is C27H23N5O5S. The molecular weight excluding hydrogens is 506 g/mol. The first-order valence-electron chi connectivity index (χ1n) is 12.1. The van der Waals surface area contributed by atoms with E-state index in [1.54, 1.807) is 82.6 Å². The SMILES string of the molecule is O=C(Nc1cccnc1)c1cccc(-n2nc(C(=O)N3CCOCC3)c3c2-c2ccccc2S(=O)(=O)C3)c1. The summed E-state index contributed by atoms with van der Waals surface area (Å²) < 4.78 is 33.4. The highest BCUT2D eigenvalue weighted by Crippen LogP contribution is 2.40. The molecule has 2 aromatic carbocycles. The van der Waals surface area contributed by atoms with Gasteiger partial charge in [0.15, 0.2) is 15.5 Å². The van der Waals surface area contributed by atoms with E-state index in [0.29, 0.717) is 60.1 Å². The van der Waals surface area contributed by atoms with Gasteiger partial charge in [0.25, 0.3) is 11.8 Å². The number of hydrogen-bond acceptors (Lipinski definition) is 7. The molecule has 11 heteroatoms. The summed E-state index contributed by atoms with van der Waals surface area (Å²) in [4.78, 5) is 32.3. The van der Waals surface area contributed by atoms with Crippen molar-refractivity contribution in [1.29, 1.82) is 0 Å². The molecule has 10 nitrogen and oxygen atoms in total. The molecule has 4 heterocycles. The van der Waals surface area contributed by atoms with Crippen molar-refractivity contribution in [3.63, 3.8) is 0 Å². The van der Waals surface area contributed by atoms with Crippen molar-refractivity contribution in [2.75, 3.05) is 31.6 Å². The molecule has 0 atom stereocenters. The maximum absolute atomic E-state index is 13.5. The fraction of sp³-hybridized carbons (Fsp3) is 0.185. The largest absolute Gasteiger partial charge is 0.378 e. The van der Waals surface area contributed by atoms with Crippen LogP contribution in [-0.2, 0) is 20.3 Å². The van der Waals surface area contributed by atoms with Gasteiger partial charge >= 0.3 is 0 Å². The van der Waals surface area contributed by atoms with Crippen LogP contribution in [0.5, 0.6) is 0 Å². The van der Waals surface area contributed by atoms with Crippen molar-refractivity contribution in [2.45, 2.75) is 10.6 Å². The van der Waals surface area contributed by atoms with Gasteiger partial charge in [0, 0.05) is 36.0 Å².